The number of thioether (sulfide) groups is 1. The first kappa shape index (κ1) is 10.7. The molecule has 0 aliphatic carbocycles. The summed E-state index contributed by atoms with van der Waals surface area (Å²) < 4.78 is 5.76. The van der Waals surface area contributed by atoms with Crippen molar-refractivity contribution in [3.05, 3.63) is 0 Å². The summed E-state index contributed by atoms with van der Waals surface area (Å²) in [5.74, 6) is 0. The first-order chi connectivity index (χ1) is 6.85. The predicted molar refractivity (Wildman–Crippen MR) is 60.7 cm³/mol. The molecule has 0 aromatic heterocycles. The molecule has 2 rings (SSSR count). The molecular weight excluding hydrogens is 196 g/mol. The summed E-state index contributed by atoms with van der Waals surface area (Å²) in [6.07, 6.45) is 3.86. The Morgan fingerprint density at radius 3 is 3.07 bits per heavy atom. The van der Waals surface area contributed by atoms with E-state index < -0.39 is 0 Å². The van der Waals surface area contributed by atoms with E-state index in [2.05, 4.69) is 23.4 Å². The Balaban J connectivity index is 1.91. The van der Waals surface area contributed by atoms with Crippen LogP contribution in [0.15, 0.2) is 0 Å². The molecule has 2 fully saturated rings. The molecular formula is C10H20N2OS. The van der Waals surface area contributed by atoms with Gasteiger partial charge in [0.2, 0.25) is 0 Å². The number of morpholine rings is 1. The minimum absolute atomic E-state index is 0.435. The maximum Gasteiger partial charge on any atom is 0.0868 e. The molecule has 4 heteroatoms. The van der Waals surface area contributed by atoms with Crippen LogP contribution >= 0.6 is 11.8 Å². The Kier molecular flexibility index (Phi) is 3.71. The summed E-state index contributed by atoms with van der Waals surface area (Å²) in [6.45, 7) is 6.43. The van der Waals surface area contributed by atoms with E-state index >= 15 is 0 Å². The minimum atomic E-state index is 0.435. The van der Waals surface area contributed by atoms with Crippen LogP contribution in [0.25, 0.3) is 0 Å². The van der Waals surface area contributed by atoms with Crippen molar-refractivity contribution in [3.63, 3.8) is 0 Å². The van der Waals surface area contributed by atoms with Crippen LogP contribution in [0, 0.1) is 0 Å². The number of nitrogens with zero attached hydrogens (tertiary/aromatic N) is 1. The summed E-state index contributed by atoms with van der Waals surface area (Å²) in [5, 5.41) is 4.21. The molecule has 0 aromatic rings. The topological polar surface area (TPSA) is 24.5 Å². The van der Waals surface area contributed by atoms with Crippen LogP contribution in [-0.2, 0) is 4.74 Å². The van der Waals surface area contributed by atoms with Crippen LogP contribution in [0.4, 0.5) is 0 Å². The molecule has 2 aliphatic rings. The molecule has 0 spiro atoms. The monoisotopic (exact) mass is 216 g/mol. The predicted octanol–water partition coefficient (Wildman–Crippen LogP) is 0.758. The van der Waals surface area contributed by atoms with Gasteiger partial charge in [0.1, 0.15) is 0 Å². The zero-order chi connectivity index (χ0) is 9.97. The minimum Gasteiger partial charge on any atom is -0.374 e. The molecule has 2 aliphatic heterocycles. The molecule has 3 unspecified atom stereocenters. The lowest BCUT2D eigenvalue weighted by molar-refractivity contribution is 0.0174. The van der Waals surface area contributed by atoms with Gasteiger partial charge in [-0.25, -0.2) is 0 Å². The smallest absolute Gasteiger partial charge is 0.0868 e. The molecule has 2 saturated heterocycles. The molecule has 1 N–H and O–H groups in total. The number of ether oxygens (including phenoxy) is 1. The fraction of sp³-hybridized carbons (Fsp3) is 1.00. The van der Waals surface area contributed by atoms with Gasteiger partial charge in [-0.1, -0.05) is 6.92 Å². The molecule has 3 nitrogen and oxygen atoms in total. The summed E-state index contributed by atoms with van der Waals surface area (Å²) in [6, 6.07) is 0.574. The first-order valence-corrected chi connectivity index (χ1v) is 6.75. The Morgan fingerprint density at radius 2 is 2.43 bits per heavy atom. The van der Waals surface area contributed by atoms with Crippen molar-refractivity contribution in [2.24, 2.45) is 0 Å². The van der Waals surface area contributed by atoms with Crippen molar-refractivity contribution in [2.45, 2.75) is 30.9 Å². The number of likely N-dealkylation sites (tertiary alicyclic amines) is 1. The fourth-order valence-electron chi connectivity index (χ4n) is 2.43. The van der Waals surface area contributed by atoms with Gasteiger partial charge < -0.3 is 10.1 Å². The van der Waals surface area contributed by atoms with Gasteiger partial charge in [-0.15, -0.1) is 11.8 Å². The zero-order valence-electron chi connectivity index (χ0n) is 9.03. The summed E-state index contributed by atoms with van der Waals surface area (Å²) >= 11 is 1.96. The quantitative estimate of drug-likeness (QED) is 0.753. The SMILES string of the molecule is CCC(SC)N1CC2NCCOC2C1. The average Bonchev–Trinajstić information content (AvgIpc) is 2.63. The van der Waals surface area contributed by atoms with Crippen LogP contribution in [0.1, 0.15) is 13.3 Å². The summed E-state index contributed by atoms with van der Waals surface area (Å²) in [4.78, 5) is 2.55. The molecule has 0 aromatic carbocycles. The Hall–Kier alpha value is 0.230. The van der Waals surface area contributed by atoms with E-state index in [0.29, 0.717) is 17.5 Å². The maximum atomic E-state index is 5.76. The van der Waals surface area contributed by atoms with Crippen molar-refractivity contribution < 1.29 is 4.74 Å². The first-order valence-electron chi connectivity index (χ1n) is 5.47. The highest BCUT2D eigenvalue weighted by atomic mass is 32.2. The van der Waals surface area contributed by atoms with Crippen LogP contribution < -0.4 is 5.32 Å². The number of nitrogens with one attached hydrogen (secondary N) is 1. The number of hydrogen-bond acceptors (Lipinski definition) is 4. The number of hydrogen-bond donors (Lipinski definition) is 1. The highest BCUT2D eigenvalue weighted by molar-refractivity contribution is 7.99. The van der Waals surface area contributed by atoms with Gasteiger partial charge in [0.25, 0.3) is 0 Å². The van der Waals surface area contributed by atoms with E-state index in [1.54, 1.807) is 0 Å². The van der Waals surface area contributed by atoms with Gasteiger partial charge in [0.15, 0.2) is 0 Å². The average molecular weight is 216 g/mol. The fourth-order valence-corrected chi connectivity index (χ4v) is 3.24. The highest BCUT2D eigenvalue weighted by Crippen LogP contribution is 2.24. The lowest BCUT2D eigenvalue weighted by atomic mass is 10.2. The second kappa shape index (κ2) is 4.84. The van der Waals surface area contributed by atoms with Crippen molar-refractivity contribution in [1.29, 1.82) is 0 Å². The molecule has 14 heavy (non-hydrogen) atoms. The Labute approximate surface area is 90.6 Å². The van der Waals surface area contributed by atoms with Crippen LogP contribution in [0.3, 0.4) is 0 Å². The van der Waals surface area contributed by atoms with Gasteiger partial charge >= 0.3 is 0 Å². The Bertz CT molecular complexity index is 173. The third-order valence-corrected chi connectivity index (χ3v) is 4.34. The molecule has 82 valence electrons. The lowest BCUT2D eigenvalue weighted by Crippen LogP contribution is -2.47. The van der Waals surface area contributed by atoms with Crippen molar-refractivity contribution >= 4 is 11.8 Å². The van der Waals surface area contributed by atoms with Crippen LogP contribution in [-0.4, -0.2) is 54.9 Å². The van der Waals surface area contributed by atoms with Gasteiger partial charge in [0, 0.05) is 25.7 Å². The van der Waals surface area contributed by atoms with E-state index in [1.165, 1.54) is 6.42 Å². The second-order valence-electron chi connectivity index (χ2n) is 4.02. The van der Waals surface area contributed by atoms with E-state index in [9.17, 15) is 0 Å². The third kappa shape index (κ3) is 2.08. The van der Waals surface area contributed by atoms with Crippen LogP contribution in [0.5, 0.6) is 0 Å². The van der Waals surface area contributed by atoms with Gasteiger partial charge in [-0.05, 0) is 12.7 Å². The maximum absolute atomic E-state index is 5.76. The van der Waals surface area contributed by atoms with E-state index in [-0.39, 0.29) is 0 Å². The number of rotatable bonds is 3. The molecule has 2 heterocycles. The summed E-state index contributed by atoms with van der Waals surface area (Å²) in [7, 11) is 0. The van der Waals surface area contributed by atoms with Crippen LogP contribution in [0.2, 0.25) is 0 Å². The van der Waals surface area contributed by atoms with Crippen molar-refractivity contribution in [3.8, 4) is 0 Å². The molecule has 3 atom stereocenters. The van der Waals surface area contributed by atoms with E-state index in [1.807, 2.05) is 11.8 Å². The normalized spacial score (nSPS) is 35.6. The third-order valence-electron chi connectivity index (χ3n) is 3.16. The highest BCUT2D eigenvalue weighted by Gasteiger charge is 2.37. The zero-order valence-corrected chi connectivity index (χ0v) is 9.85. The Morgan fingerprint density at radius 1 is 1.57 bits per heavy atom. The molecule has 0 radical (unpaired) electrons. The second-order valence-corrected chi connectivity index (χ2v) is 5.04. The lowest BCUT2D eigenvalue weighted by Gasteiger charge is -2.25. The van der Waals surface area contributed by atoms with E-state index in [0.717, 1.165) is 26.2 Å². The van der Waals surface area contributed by atoms with Gasteiger partial charge in [-0.3, -0.25) is 4.90 Å². The van der Waals surface area contributed by atoms with Crippen molar-refractivity contribution in [1.82, 2.24) is 10.2 Å². The summed E-state index contributed by atoms with van der Waals surface area (Å²) in [5.41, 5.74) is 0. The standard InChI is InChI=1S/C10H20N2OS/c1-3-10(14-2)12-6-8-9(7-12)13-5-4-11-8/h8-11H,3-7H2,1-2H3. The van der Waals surface area contributed by atoms with Gasteiger partial charge in [0.05, 0.1) is 18.1 Å². The van der Waals surface area contributed by atoms with Gasteiger partial charge in [-0.2, -0.15) is 0 Å². The molecule has 0 saturated carbocycles. The largest absolute Gasteiger partial charge is 0.374 e. The molecule has 0 bridgehead atoms. The van der Waals surface area contributed by atoms with Crippen molar-refractivity contribution in [2.75, 3.05) is 32.5 Å². The molecule has 0 amide bonds. The van der Waals surface area contributed by atoms with E-state index in [4.69, 9.17) is 4.74 Å². The number of fused-ring (bicyclic) bond motifs is 1.